The van der Waals surface area contributed by atoms with E-state index in [0.717, 1.165) is 18.6 Å². The van der Waals surface area contributed by atoms with Gasteiger partial charge in [-0.1, -0.05) is 5.16 Å². The number of rotatable bonds is 9. The lowest BCUT2D eigenvalue weighted by molar-refractivity contribution is -0.117. The Balaban J connectivity index is 0.00000243. The van der Waals surface area contributed by atoms with Crippen molar-refractivity contribution < 1.29 is 14.1 Å². The summed E-state index contributed by atoms with van der Waals surface area (Å²) in [6, 6.07) is 6.62. The molecule has 2 aromatic rings. The highest BCUT2D eigenvalue weighted by Crippen LogP contribution is 2.38. The van der Waals surface area contributed by atoms with Gasteiger partial charge in [0, 0.05) is 11.6 Å². The van der Waals surface area contributed by atoms with Gasteiger partial charge in [0.05, 0.1) is 6.04 Å². The van der Waals surface area contributed by atoms with Crippen LogP contribution in [0.3, 0.4) is 0 Å². The van der Waals surface area contributed by atoms with E-state index in [4.69, 9.17) is 15.0 Å². The van der Waals surface area contributed by atoms with Gasteiger partial charge in [-0.2, -0.15) is 16.7 Å². The minimum atomic E-state index is -0.498. The molecule has 0 bridgehead atoms. The number of anilines is 1. The number of nitrogens with two attached hydrogens (primary N) is 1. The van der Waals surface area contributed by atoms with Crippen LogP contribution in [0, 0.1) is 0 Å². The van der Waals surface area contributed by atoms with Crippen LogP contribution in [0.5, 0.6) is 5.75 Å². The number of benzene rings is 1. The number of aromatic nitrogens is 2. The van der Waals surface area contributed by atoms with Crippen molar-refractivity contribution in [1.29, 1.82) is 0 Å². The third-order valence-corrected chi connectivity index (χ3v) is 4.51. The molecule has 1 amide bonds. The summed E-state index contributed by atoms with van der Waals surface area (Å²) in [6.07, 6.45) is 4.89. The lowest BCUT2D eigenvalue weighted by Gasteiger charge is -2.12. The number of halogens is 1. The first kappa shape index (κ1) is 20.5. The molecule has 1 aromatic carbocycles. The Hall–Kier alpha value is -1.77. The second-order valence-corrected chi connectivity index (χ2v) is 7.00. The molecule has 3 N–H and O–H groups in total. The maximum atomic E-state index is 12.0. The molecule has 1 aromatic heterocycles. The number of nitrogens with one attached hydrogen (secondary N) is 1. The number of carbonyl (C=O) groups excluding carboxylic acids is 1. The standard InChI is InChI=1S/C17H22N4O3S.ClH/c1-25-9-8-14(18)16(22)19-12-4-6-13(7-5-12)23-10-15-20-17(24-21-15)11-2-3-11;/h4-7,11,14H,2-3,8-10,18H2,1H3,(H,19,22);1H/t14-;/m0./s1. The van der Waals surface area contributed by atoms with E-state index in [-0.39, 0.29) is 24.9 Å². The quantitative estimate of drug-likeness (QED) is 0.669. The summed E-state index contributed by atoms with van der Waals surface area (Å²) in [5.41, 5.74) is 6.54. The van der Waals surface area contributed by atoms with Crippen molar-refractivity contribution in [3.63, 3.8) is 0 Å². The number of ether oxygens (including phenoxy) is 1. The lowest BCUT2D eigenvalue weighted by Crippen LogP contribution is -2.36. The van der Waals surface area contributed by atoms with Gasteiger partial charge in [-0.15, -0.1) is 12.4 Å². The van der Waals surface area contributed by atoms with E-state index in [1.807, 2.05) is 6.26 Å². The monoisotopic (exact) mass is 398 g/mol. The Bertz CT molecular complexity index is 706. The summed E-state index contributed by atoms with van der Waals surface area (Å²) >= 11 is 1.67. The van der Waals surface area contributed by atoms with Gasteiger partial charge in [-0.05, 0) is 55.5 Å². The largest absolute Gasteiger partial charge is 0.485 e. The Kier molecular flexibility index (Phi) is 7.74. The maximum Gasteiger partial charge on any atom is 0.241 e. The van der Waals surface area contributed by atoms with E-state index in [1.54, 1.807) is 36.0 Å². The van der Waals surface area contributed by atoms with Gasteiger partial charge < -0.3 is 20.3 Å². The number of thioether (sulfide) groups is 1. The van der Waals surface area contributed by atoms with Crippen molar-refractivity contribution in [2.24, 2.45) is 5.73 Å². The molecule has 1 aliphatic carbocycles. The average Bonchev–Trinajstić information content (AvgIpc) is 3.37. The van der Waals surface area contributed by atoms with Crippen LogP contribution in [0.4, 0.5) is 5.69 Å². The van der Waals surface area contributed by atoms with E-state index in [2.05, 4.69) is 15.5 Å². The predicted molar refractivity (Wildman–Crippen MR) is 104 cm³/mol. The molecule has 0 saturated heterocycles. The molecule has 1 saturated carbocycles. The van der Waals surface area contributed by atoms with Crippen molar-refractivity contribution in [1.82, 2.24) is 10.1 Å². The number of hydrogen-bond donors (Lipinski definition) is 2. The summed E-state index contributed by atoms with van der Waals surface area (Å²) in [4.78, 5) is 16.3. The zero-order valence-electron chi connectivity index (χ0n) is 14.5. The molecule has 1 atom stereocenters. The van der Waals surface area contributed by atoms with Crippen LogP contribution in [0.25, 0.3) is 0 Å². The molecule has 0 spiro atoms. The average molecular weight is 399 g/mol. The molecule has 0 unspecified atom stereocenters. The van der Waals surface area contributed by atoms with E-state index in [9.17, 15) is 4.79 Å². The highest BCUT2D eigenvalue weighted by Gasteiger charge is 2.29. The first-order chi connectivity index (χ1) is 12.2. The second-order valence-electron chi connectivity index (χ2n) is 6.01. The van der Waals surface area contributed by atoms with E-state index < -0.39 is 6.04 Å². The third kappa shape index (κ3) is 5.89. The SMILES string of the molecule is CSCC[C@H](N)C(=O)Nc1ccc(OCc2noc(C3CC3)n2)cc1.Cl. The normalized spacial score (nSPS) is 14.4. The Morgan fingerprint density at radius 2 is 2.15 bits per heavy atom. The molecule has 7 nitrogen and oxygen atoms in total. The lowest BCUT2D eigenvalue weighted by atomic mass is 10.2. The van der Waals surface area contributed by atoms with Crippen LogP contribution in [0.2, 0.25) is 0 Å². The van der Waals surface area contributed by atoms with Crippen LogP contribution in [-0.2, 0) is 11.4 Å². The minimum absolute atomic E-state index is 0. The van der Waals surface area contributed by atoms with E-state index >= 15 is 0 Å². The summed E-state index contributed by atoms with van der Waals surface area (Å²) in [5, 5.41) is 6.72. The van der Waals surface area contributed by atoms with Crippen LogP contribution >= 0.6 is 24.2 Å². The number of nitrogens with zero attached hydrogens (tertiary/aromatic N) is 2. The fraction of sp³-hybridized carbons (Fsp3) is 0.471. The van der Waals surface area contributed by atoms with Crippen molar-refractivity contribution in [3.8, 4) is 5.75 Å². The molecule has 3 rings (SSSR count). The molecular weight excluding hydrogens is 376 g/mol. The van der Waals surface area contributed by atoms with Gasteiger partial charge in [-0.25, -0.2) is 0 Å². The van der Waals surface area contributed by atoms with Crippen molar-refractivity contribution in [3.05, 3.63) is 36.0 Å². The highest BCUT2D eigenvalue weighted by atomic mass is 35.5. The van der Waals surface area contributed by atoms with Gasteiger partial charge >= 0.3 is 0 Å². The van der Waals surface area contributed by atoms with E-state index in [1.165, 1.54) is 0 Å². The fourth-order valence-electron chi connectivity index (χ4n) is 2.22. The third-order valence-electron chi connectivity index (χ3n) is 3.87. The summed E-state index contributed by atoms with van der Waals surface area (Å²) < 4.78 is 10.8. The fourth-order valence-corrected chi connectivity index (χ4v) is 2.71. The Morgan fingerprint density at radius 1 is 1.42 bits per heavy atom. The number of carbonyl (C=O) groups is 1. The summed E-state index contributed by atoms with van der Waals surface area (Å²) in [7, 11) is 0. The molecule has 1 fully saturated rings. The van der Waals surface area contributed by atoms with Gasteiger partial charge in [-0.3, -0.25) is 4.79 Å². The maximum absolute atomic E-state index is 12.0. The van der Waals surface area contributed by atoms with Gasteiger partial charge in [0.15, 0.2) is 6.61 Å². The van der Waals surface area contributed by atoms with Crippen LogP contribution in [0.1, 0.15) is 36.9 Å². The number of amides is 1. The number of hydrogen-bond acceptors (Lipinski definition) is 7. The van der Waals surface area contributed by atoms with Crippen LogP contribution in [-0.4, -0.2) is 34.1 Å². The van der Waals surface area contributed by atoms with Crippen LogP contribution < -0.4 is 15.8 Å². The first-order valence-electron chi connectivity index (χ1n) is 8.26. The Labute approximate surface area is 162 Å². The second kappa shape index (κ2) is 9.80. The molecule has 1 heterocycles. The van der Waals surface area contributed by atoms with Gasteiger partial charge in [0.25, 0.3) is 0 Å². The summed E-state index contributed by atoms with van der Waals surface area (Å²) in [5.74, 6) is 3.03. The highest BCUT2D eigenvalue weighted by molar-refractivity contribution is 7.98. The molecule has 9 heteroatoms. The zero-order chi connectivity index (χ0) is 17.6. The predicted octanol–water partition coefficient (Wildman–Crippen LogP) is 2.97. The topological polar surface area (TPSA) is 103 Å². The summed E-state index contributed by atoms with van der Waals surface area (Å²) in [6.45, 7) is 0.251. The Morgan fingerprint density at radius 3 is 2.81 bits per heavy atom. The molecule has 142 valence electrons. The molecular formula is C17H23ClN4O3S. The molecule has 26 heavy (non-hydrogen) atoms. The van der Waals surface area contributed by atoms with Crippen molar-refractivity contribution in [2.75, 3.05) is 17.3 Å². The molecule has 1 aliphatic rings. The van der Waals surface area contributed by atoms with Crippen molar-refractivity contribution >= 4 is 35.8 Å². The van der Waals surface area contributed by atoms with Gasteiger partial charge in [0.1, 0.15) is 5.75 Å². The zero-order valence-corrected chi connectivity index (χ0v) is 16.1. The van der Waals surface area contributed by atoms with E-state index in [0.29, 0.717) is 35.5 Å². The first-order valence-corrected chi connectivity index (χ1v) is 9.66. The molecule has 0 aliphatic heterocycles. The minimum Gasteiger partial charge on any atom is -0.485 e. The van der Waals surface area contributed by atoms with Crippen LogP contribution in [0.15, 0.2) is 28.8 Å². The molecule has 0 radical (unpaired) electrons. The van der Waals surface area contributed by atoms with Gasteiger partial charge in [0.2, 0.25) is 17.6 Å². The smallest absolute Gasteiger partial charge is 0.241 e. The van der Waals surface area contributed by atoms with Crippen molar-refractivity contribution in [2.45, 2.75) is 37.8 Å².